The highest BCUT2D eigenvalue weighted by molar-refractivity contribution is 5.90. The van der Waals surface area contributed by atoms with E-state index in [1.165, 1.54) is 11.0 Å². The standard InChI is InChI=1S/C14H17FN2O3/c1-9-4-5-11(15)12(7-9)16-14(20)17-6-2-3-10(8-17)13(18)19/h4-5,7,10H,2-3,6,8H2,1H3,(H,16,20)(H,18,19)/t10-/m1/s1. The van der Waals surface area contributed by atoms with Crippen LogP contribution in [0.25, 0.3) is 0 Å². The van der Waals surface area contributed by atoms with E-state index in [1.807, 2.05) is 0 Å². The number of aliphatic carboxylic acids is 1. The number of urea groups is 1. The number of piperidine rings is 1. The van der Waals surface area contributed by atoms with Gasteiger partial charge >= 0.3 is 12.0 Å². The summed E-state index contributed by atoms with van der Waals surface area (Å²) in [4.78, 5) is 24.4. The summed E-state index contributed by atoms with van der Waals surface area (Å²) in [7, 11) is 0. The molecule has 1 heterocycles. The first-order valence-corrected chi connectivity index (χ1v) is 6.52. The van der Waals surface area contributed by atoms with Gasteiger partial charge in [0.25, 0.3) is 0 Å². The Morgan fingerprint density at radius 3 is 2.90 bits per heavy atom. The van der Waals surface area contributed by atoms with Crippen molar-refractivity contribution in [3.8, 4) is 0 Å². The second kappa shape index (κ2) is 5.90. The second-order valence-corrected chi connectivity index (χ2v) is 5.04. The molecule has 0 spiro atoms. The fraction of sp³-hybridized carbons (Fsp3) is 0.429. The first kappa shape index (κ1) is 14.3. The fourth-order valence-electron chi connectivity index (χ4n) is 2.29. The lowest BCUT2D eigenvalue weighted by molar-refractivity contribution is -0.143. The van der Waals surface area contributed by atoms with Crippen molar-refractivity contribution in [3.63, 3.8) is 0 Å². The van der Waals surface area contributed by atoms with Crippen molar-refractivity contribution < 1.29 is 19.1 Å². The molecule has 6 heteroatoms. The number of hydrogen-bond donors (Lipinski definition) is 2. The minimum Gasteiger partial charge on any atom is -0.481 e. The van der Waals surface area contributed by atoms with E-state index in [0.717, 1.165) is 5.56 Å². The largest absolute Gasteiger partial charge is 0.481 e. The summed E-state index contributed by atoms with van der Waals surface area (Å²) in [6.45, 7) is 2.45. The molecule has 0 aromatic heterocycles. The summed E-state index contributed by atoms with van der Waals surface area (Å²) in [6, 6.07) is 4.00. The Balaban J connectivity index is 2.04. The van der Waals surface area contributed by atoms with Crippen LogP contribution < -0.4 is 5.32 Å². The molecule has 2 amide bonds. The maximum Gasteiger partial charge on any atom is 0.321 e. The molecule has 1 aromatic carbocycles. The van der Waals surface area contributed by atoms with Crippen molar-refractivity contribution in [1.82, 2.24) is 4.90 Å². The topological polar surface area (TPSA) is 69.6 Å². The van der Waals surface area contributed by atoms with Crippen molar-refractivity contribution in [3.05, 3.63) is 29.6 Å². The van der Waals surface area contributed by atoms with Gasteiger partial charge < -0.3 is 15.3 Å². The van der Waals surface area contributed by atoms with E-state index in [1.54, 1.807) is 19.1 Å². The van der Waals surface area contributed by atoms with E-state index < -0.39 is 23.7 Å². The van der Waals surface area contributed by atoms with Gasteiger partial charge in [0.05, 0.1) is 11.6 Å². The van der Waals surface area contributed by atoms with Crippen molar-refractivity contribution in [1.29, 1.82) is 0 Å². The number of hydrogen-bond acceptors (Lipinski definition) is 2. The monoisotopic (exact) mass is 280 g/mol. The zero-order valence-corrected chi connectivity index (χ0v) is 11.2. The number of carbonyl (C=O) groups is 2. The first-order valence-electron chi connectivity index (χ1n) is 6.52. The molecule has 2 N–H and O–H groups in total. The van der Waals surface area contributed by atoms with E-state index in [9.17, 15) is 14.0 Å². The SMILES string of the molecule is Cc1ccc(F)c(NC(=O)N2CCC[C@@H](C(=O)O)C2)c1. The predicted molar refractivity (Wildman–Crippen MR) is 72.1 cm³/mol. The van der Waals surface area contributed by atoms with Gasteiger partial charge in [0.15, 0.2) is 0 Å². The van der Waals surface area contributed by atoms with Crippen molar-refractivity contribution in [2.75, 3.05) is 18.4 Å². The number of anilines is 1. The molecule has 0 radical (unpaired) electrons. The second-order valence-electron chi connectivity index (χ2n) is 5.04. The number of nitrogens with one attached hydrogen (secondary N) is 1. The number of rotatable bonds is 2. The lowest BCUT2D eigenvalue weighted by atomic mass is 9.99. The van der Waals surface area contributed by atoms with Crippen LogP contribution in [-0.2, 0) is 4.79 Å². The van der Waals surface area contributed by atoms with Gasteiger partial charge in [0, 0.05) is 13.1 Å². The van der Waals surface area contributed by atoms with E-state index in [0.29, 0.717) is 19.4 Å². The van der Waals surface area contributed by atoms with E-state index in [4.69, 9.17) is 5.11 Å². The maximum atomic E-state index is 13.6. The molecule has 1 aliphatic rings. The molecule has 1 saturated heterocycles. The van der Waals surface area contributed by atoms with Gasteiger partial charge in [-0.1, -0.05) is 6.07 Å². The molecule has 0 unspecified atom stereocenters. The van der Waals surface area contributed by atoms with Crippen LogP contribution in [0.15, 0.2) is 18.2 Å². The van der Waals surface area contributed by atoms with Crippen molar-refractivity contribution in [2.45, 2.75) is 19.8 Å². The molecule has 1 aromatic rings. The third-order valence-electron chi connectivity index (χ3n) is 3.42. The lowest BCUT2D eigenvalue weighted by Gasteiger charge is -2.30. The minimum atomic E-state index is -0.899. The molecular formula is C14H17FN2O3. The van der Waals surface area contributed by atoms with Gasteiger partial charge in [-0.15, -0.1) is 0 Å². The predicted octanol–water partition coefficient (Wildman–Crippen LogP) is 2.46. The van der Waals surface area contributed by atoms with Crippen LogP contribution >= 0.6 is 0 Å². The smallest absolute Gasteiger partial charge is 0.321 e. The average Bonchev–Trinajstić information content (AvgIpc) is 2.43. The summed E-state index contributed by atoms with van der Waals surface area (Å²) in [5, 5.41) is 11.5. The molecule has 108 valence electrons. The Labute approximate surface area is 116 Å². The summed E-state index contributed by atoms with van der Waals surface area (Å²) >= 11 is 0. The van der Waals surface area contributed by atoms with Gasteiger partial charge in [0.1, 0.15) is 5.82 Å². The quantitative estimate of drug-likeness (QED) is 0.874. The highest BCUT2D eigenvalue weighted by Gasteiger charge is 2.28. The number of benzene rings is 1. The van der Waals surface area contributed by atoms with Crippen LogP contribution in [0.4, 0.5) is 14.9 Å². The maximum absolute atomic E-state index is 13.6. The summed E-state index contributed by atoms with van der Waals surface area (Å²) in [5.41, 5.74) is 0.955. The summed E-state index contributed by atoms with van der Waals surface area (Å²) < 4.78 is 13.6. The molecule has 20 heavy (non-hydrogen) atoms. The van der Waals surface area contributed by atoms with Gasteiger partial charge in [-0.3, -0.25) is 4.79 Å². The van der Waals surface area contributed by atoms with Gasteiger partial charge in [0.2, 0.25) is 0 Å². The molecule has 0 bridgehead atoms. The molecule has 1 aliphatic heterocycles. The fourth-order valence-corrected chi connectivity index (χ4v) is 2.29. The number of likely N-dealkylation sites (tertiary alicyclic amines) is 1. The summed E-state index contributed by atoms with van der Waals surface area (Å²) in [5.74, 6) is -1.95. The van der Waals surface area contributed by atoms with E-state index in [-0.39, 0.29) is 12.2 Å². The van der Waals surface area contributed by atoms with Crippen LogP contribution in [0.3, 0.4) is 0 Å². The first-order chi connectivity index (χ1) is 9.47. The van der Waals surface area contributed by atoms with Crippen molar-refractivity contribution in [2.24, 2.45) is 5.92 Å². The van der Waals surface area contributed by atoms with Crippen LogP contribution in [-0.4, -0.2) is 35.1 Å². The molecule has 2 rings (SSSR count). The number of halogens is 1. The van der Waals surface area contributed by atoms with Crippen LogP contribution in [0, 0.1) is 18.7 Å². The average molecular weight is 280 g/mol. The molecular weight excluding hydrogens is 263 g/mol. The zero-order valence-electron chi connectivity index (χ0n) is 11.2. The third kappa shape index (κ3) is 3.26. The van der Waals surface area contributed by atoms with Crippen LogP contribution in [0.1, 0.15) is 18.4 Å². The number of nitrogens with zero attached hydrogens (tertiary/aromatic N) is 1. The van der Waals surface area contributed by atoms with Gasteiger partial charge in [-0.2, -0.15) is 0 Å². The summed E-state index contributed by atoms with van der Waals surface area (Å²) in [6.07, 6.45) is 1.21. The van der Waals surface area contributed by atoms with Crippen LogP contribution in [0.2, 0.25) is 0 Å². The third-order valence-corrected chi connectivity index (χ3v) is 3.42. The highest BCUT2D eigenvalue weighted by atomic mass is 19.1. The number of carboxylic acid groups (broad SMARTS) is 1. The van der Waals surface area contributed by atoms with Gasteiger partial charge in [-0.25, -0.2) is 9.18 Å². The molecule has 1 fully saturated rings. The van der Waals surface area contributed by atoms with E-state index in [2.05, 4.69) is 5.32 Å². The molecule has 1 atom stereocenters. The number of carbonyl (C=O) groups excluding carboxylic acids is 1. The van der Waals surface area contributed by atoms with Gasteiger partial charge in [-0.05, 0) is 37.5 Å². The Kier molecular flexibility index (Phi) is 4.22. The Bertz CT molecular complexity index is 533. The Morgan fingerprint density at radius 2 is 2.20 bits per heavy atom. The zero-order chi connectivity index (χ0) is 14.7. The van der Waals surface area contributed by atoms with E-state index >= 15 is 0 Å². The highest BCUT2D eigenvalue weighted by Crippen LogP contribution is 2.20. The number of amides is 2. The van der Waals surface area contributed by atoms with Crippen molar-refractivity contribution >= 4 is 17.7 Å². The minimum absolute atomic E-state index is 0.118. The lowest BCUT2D eigenvalue weighted by Crippen LogP contribution is -2.44. The number of carboxylic acids is 1. The number of aryl methyl sites for hydroxylation is 1. The normalized spacial score (nSPS) is 18.7. The molecule has 0 aliphatic carbocycles. The molecule has 5 nitrogen and oxygen atoms in total. The van der Waals surface area contributed by atoms with Crippen LogP contribution in [0.5, 0.6) is 0 Å². The Hall–Kier alpha value is -2.11. The Morgan fingerprint density at radius 1 is 1.45 bits per heavy atom. The molecule has 0 saturated carbocycles.